The summed E-state index contributed by atoms with van der Waals surface area (Å²) >= 11 is 0. The highest BCUT2D eigenvalue weighted by Gasteiger charge is 2.07. The average molecular weight is 229 g/mol. The van der Waals surface area contributed by atoms with Crippen molar-refractivity contribution in [1.82, 2.24) is 15.1 Å². The van der Waals surface area contributed by atoms with Crippen LogP contribution in [0.15, 0.2) is 42.7 Å². The van der Waals surface area contributed by atoms with Crippen LogP contribution in [-0.4, -0.2) is 15.7 Å². The molecule has 1 aromatic heterocycles. The van der Waals surface area contributed by atoms with E-state index in [0.29, 0.717) is 12.1 Å². The Balaban J connectivity index is 1.93. The van der Waals surface area contributed by atoms with Gasteiger partial charge in [0.05, 0.1) is 11.8 Å². The van der Waals surface area contributed by atoms with Crippen molar-refractivity contribution in [2.75, 3.05) is 0 Å². The van der Waals surface area contributed by atoms with Crippen molar-refractivity contribution < 1.29 is 4.79 Å². The van der Waals surface area contributed by atoms with Crippen LogP contribution in [0, 0.1) is 0 Å². The molecule has 0 aliphatic carbocycles. The molecule has 0 bridgehead atoms. The van der Waals surface area contributed by atoms with E-state index < -0.39 is 0 Å². The third-order valence-corrected chi connectivity index (χ3v) is 2.52. The number of amides is 1. The standard InChI is InChI=1S/C13H15N3O/c1-2-16-10-12(9-15-16)13(17)14-8-11-6-4-3-5-7-11/h3-7,9-10H,2,8H2,1H3,(H,14,17). The number of rotatable bonds is 4. The first-order valence-corrected chi connectivity index (χ1v) is 5.64. The lowest BCUT2D eigenvalue weighted by atomic mass is 10.2. The van der Waals surface area contributed by atoms with Gasteiger partial charge in [-0.3, -0.25) is 9.48 Å². The van der Waals surface area contributed by atoms with Gasteiger partial charge < -0.3 is 5.32 Å². The number of nitrogens with zero attached hydrogens (tertiary/aromatic N) is 2. The van der Waals surface area contributed by atoms with Gasteiger partial charge in [0.2, 0.25) is 0 Å². The fourth-order valence-corrected chi connectivity index (χ4v) is 1.53. The van der Waals surface area contributed by atoms with Crippen molar-refractivity contribution in [2.45, 2.75) is 20.0 Å². The van der Waals surface area contributed by atoms with E-state index in [0.717, 1.165) is 12.1 Å². The first kappa shape index (κ1) is 11.4. The lowest BCUT2D eigenvalue weighted by Crippen LogP contribution is -2.22. The zero-order chi connectivity index (χ0) is 12.1. The van der Waals surface area contributed by atoms with Crippen LogP contribution in [-0.2, 0) is 13.1 Å². The Labute approximate surface area is 100 Å². The van der Waals surface area contributed by atoms with Crippen molar-refractivity contribution in [3.05, 3.63) is 53.9 Å². The van der Waals surface area contributed by atoms with Gasteiger partial charge in [0.1, 0.15) is 0 Å². The van der Waals surface area contributed by atoms with Gasteiger partial charge in [-0.05, 0) is 12.5 Å². The normalized spacial score (nSPS) is 10.2. The van der Waals surface area contributed by atoms with Crippen molar-refractivity contribution in [3.8, 4) is 0 Å². The summed E-state index contributed by atoms with van der Waals surface area (Å²) < 4.78 is 1.73. The van der Waals surface area contributed by atoms with E-state index in [2.05, 4.69) is 10.4 Å². The van der Waals surface area contributed by atoms with Crippen molar-refractivity contribution in [3.63, 3.8) is 0 Å². The van der Waals surface area contributed by atoms with Gasteiger partial charge in [0.25, 0.3) is 5.91 Å². The third-order valence-electron chi connectivity index (χ3n) is 2.52. The summed E-state index contributed by atoms with van der Waals surface area (Å²) in [5.74, 6) is -0.0893. The molecule has 0 aliphatic heterocycles. The second-order valence-electron chi connectivity index (χ2n) is 3.75. The number of hydrogen-bond acceptors (Lipinski definition) is 2. The Morgan fingerprint density at radius 2 is 2.12 bits per heavy atom. The molecule has 88 valence electrons. The van der Waals surface area contributed by atoms with E-state index in [-0.39, 0.29) is 5.91 Å². The van der Waals surface area contributed by atoms with Gasteiger partial charge in [-0.25, -0.2) is 0 Å². The summed E-state index contributed by atoms with van der Waals surface area (Å²) in [5.41, 5.74) is 1.69. The molecule has 2 rings (SSSR count). The second kappa shape index (κ2) is 5.30. The molecule has 1 amide bonds. The zero-order valence-electron chi connectivity index (χ0n) is 9.76. The summed E-state index contributed by atoms with van der Waals surface area (Å²) in [5, 5.41) is 6.93. The van der Waals surface area contributed by atoms with Crippen LogP contribution in [0.5, 0.6) is 0 Å². The largest absolute Gasteiger partial charge is 0.348 e. The minimum Gasteiger partial charge on any atom is -0.348 e. The van der Waals surface area contributed by atoms with Crippen LogP contribution in [0.25, 0.3) is 0 Å². The molecule has 2 aromatic rings. The Morgan fingerprint density at radius 1 is 1.35 bits per heavy atom. The SMILES string of the molecule is CCn1cc(C(=O)NCc2ccccc2)cn1. The second-order valence-corrected chi connectivity index (χ2v) is 3.75. The highest BCUT2D eigenvalue weighted by molar-refractivity contribution is 5.93. The number of aryl methyl sites for hydroxylation is 1. The Hall–Kier alpha value is -2.10. The maximum atomic E-state index is 11.8. The van der Waals surface area contributed by atoms with Gasteiger partial charge in [-0.1, -0.05) is 30.3 Å². The minimum atomic E-state index is -0.0893. The van der Waals surface area contributed by atoms with E-state index in [1.54, 1.807) is 17.1 Å². The monoisotopic (exact) mass is 229 g/mol. The molecule has 4 nitrogen and oxygen atoms in total. The predicted molar refractivity (Wildman–Crippen MR) is 65.5 cm³/mol. The molecule has 0 saturated heterocycles. The summed E-state index contributed by atoms with van der Waals surface area (Å²) in [7, 11) is 0. The molecule has 1 N–H and O–H groups in total. The molecule has 4 heteroatoms. The molecule has 0 saturated carbocycles. The number of nitrogens with one attached hydrogen (secondary N) is 1. The Morgan fingerprint density at radius 3 is 2.76 bits per heavy atom. The molecule has 0 atom stereocenters. The quantitative estimate of drug-likeness (QED) is 0.869. The molecule has 0 radical (unpaired) electrons. The van der Waals surface area contributed by atoms with Crippen LogP contribution in [0.3, 0.4) is 0 Å². The fraction of sp³-hybridized carbons (Fsp3) is 0.231. The number of aromatic nitrogens is 2. The van der Waals surface area contributed by atoms with E-state index in [1.165, 1.54) is 0 Å². The molecule has 1 heterocycles. The summed E-state index contributed by atoms with van der Waals surface area (Å²) in [6.07, 6.45) is 3.34. The van der Waals surface area contributed by atoms with E-state index in [1.807, 2.05) is 37.3 Å². The van der Waals surface area contributed by atoms with Gasteiger partial charge >= 0.3 is 0 Å². The highest BCUT2D eigenvalue weighted by Crippen LogP contribution is 2.00. The van der Waals surface area contributed by atoms with Crippen molar-refractivity contribution in [1.29, 1.82) is 0 Å². The molecule has 17 heavy (non-hydrogen) atoms. The van der Waals surface area contributed by atoms with E-state index >= 15 is 0 Å². The molecular formula is C13H15N3O. The van der Waals surface area contributed by atoms with E-state index in [4.69, 9.17) is 0 Å². The summed E-state index contributed by atoms with van der Waals surface area (Å²) in [4.78, 5) is 11.8. The highest BCUT2D eigenvalue weighted by atomic mass is 16.1. The van der Waals surface area contributed by atoms with Crippen LogP contribution in [0.2, 0.25) is 0 Å². The Bertz CT molecular complexity index is 490. The first-order valence-electron chi connectivity index (χ1n) is 5.64. The van der Waals surface area contributed by atoms with E-state index in [9.17, 15) is 4.79 Å². The van der Waals surface area contributed by atoms with Crippen LogP contribution in [0.1, 0.15) is 22.8 Å². The van der Waals surface area contributed by atoms with Crippen molar-refractivity contribution >= 4 is 5.91 Å². The molecule has 0 fully saturated rings. The summed E-state index contributed by atoms with van der Waals surface area (Å²) in [6, 6.07) is 9.83. The molecule has 1 aromatic carbocycles. The van der Waals surface area contributed by atoms with Crippen LogP contribution < -0.4 is 5.32 Å². The number of carbonyl (C=O) groups is 1. The predicted octanol–water partition coefficient (Wildman–Crippen LogP) is 1.83. The smallest absolute Gasteiger partial charge is 0.254 e. The van der Waals surface area contributed by atoms with Gasteiger partial charge in [0.15, 0.2) is 0 Å². The fourth-order valence-electron chi connectivity index (χ4n) is 1.53. The molecular weight excluding hydrogens is 214 g/mol. The number of hydrogen-bond donors (Lipinski definition) is 1. The molecule has 0 aliphatic rings. The zero-order valence-corrected chi connectivity index (χ0v) is 9.76. The van der Waals surface area contributed by atoms with Gasteiger partial charge in [-0.15, -0.1) is 0 Å². The average Bonchev–Trinajstić information content (AvgIpc) is 2.86. The summed E-state index contributed by atoms with van der Waals surface area (Å²) in [6.45, 7) is 3.29. The van der Waals surface area contributed by atoms with Crippen LogP contribution in [0.4, 0.5) is 0 Å². The topological polar surface area (TPSA) is 46.9 Å². The van der Waals surface area contributed by atoms with Gasteiger partial charge in [-0.2, -0.15) is 5.10 Å². The number of carbonyl (C=O) groups excluding carboxylic acids is 1. The van der Waals surface area contributed by atoms with Crippen LogP contribution >= 0.6 is 0 Å². The molecule has 0 unspecified atom stereocenters. The lowest BCUT2D eigenvalue weighted by Gasteiger charge is -2.03. The Kier molecular flexibility index (Phi) is 3.55. The maximum Gasteiger partial charge on any atom is 0.254 e. The maximum absolute atomic E-state index is 11.8. The van der Waals surface area contributed by atoms with Gasteiger partial charge in [0, 0.05) is 19.3 Å². The molecule has 0 spiro atoms. The third kappa shape index (κ3) is 2.93. The minimum absolute atomic E-state index is 0.0893. The van der Waals surface area contributed by atoms with Crippen molar-refractivity contribution in [2.24, 2.45) is 0 Å². The first-order chi connectivity index (χ1) is 8.29. The number of benzene rings is 1. The lowest BCUT2D eigenvalue weighted by molar-refractivity contribution is 0.0951.